The molecule has 0 fully saturated rings. The number of amides is 1. The maximum absolute atomic E-state index is 11.1. The van der Waals surface area contributed by atoms with E-state index in [9.17, 15) is 4.79 Å². The zero-order valence-corrected chi connectivity index (χ0v) is 8.50. The van der Waals surface area contributed by atoms with Crippen LogP contribution in [-0.4, -0.2) is 29.1 Å². The molecular formula is C8H14N4O2. The minimum atomic E-state index is -0.271. The van der Waals surface area contributed by atoms with Crippen molar-refractivity contribution in [3.05, 3.63) is 11.7 Å². The highest BCUT2D eigenvalue weighted by atomic mass is 16.5. The summed E-state index contributed by atoms with van der Waals surface area (Å²) in [6.07, 6.45) is 0. The molecule has 6 nitrogen and oxygen atoms in total. The molecule has 0 radical (unpaired) electrons. The molecule has 0 bridgehead atoms. The van der Waals surface area contributed by atoms with Gasteiger partial charge in [0.25, 0.3) is 0 Å². The molecule has 1 aromatic heterocycles. The van der Waals surface area contributed by atoms with Gasteiger partial charge in [-0.25, -0.2) is 0 Å². The number of rotatable bonds is 4. The van der Waals surface area contributed by atoms with Gasteiger partial charge in [0.15, 0.2) is 5.82 Å². The lowest BCUT2D eigenvalue weighted by Crippen LogP contribution is -2.40. The first-order valence-corrected chi connectivity index (χ1v) is 4.37. The molecule has 2 N–H and O–H groups in total. The highest BCUT2D eigenvalue weighted by Gasteiger charge is 2.11. The number of carbonyl (C=O) groups is 1. The third-order valence-corrected chi connectivity index (χ3v) is 1.77. The van der Waals surface area contributed by atoms with E-state index in [1.54, 1.807) is 20.9 Å². The standard InChI is InChI=1S/C8H14N4O2/c1-5(8(13)9-3)10-4-7-11-6(2)12-14-7/h5,10H,4H2,1-3H3,(H,9,13). The molecule has 0 aromatic carbocycles. The number of aromatic nitrogens is 2. The second kappa shape index (κ2) is 4.71. The van der Waals surface area contributed by atoms with Gasteiger partial charge in [-0.2, -0.15) is 4.98 Å². The molecule has 0 aliphatic rings. The summed E-state index contributed by atoms with van der Waals surface area (Å²) in [6.45, 7) is 3.91. The number of likely N-dealkylation sites (N-methyl/N-ethyl adjacent to an activating group) is 1. The summed E-state index contributed by atoms with van der Waals surface area (Å²) in [5.41, 5.74) is 0. The number of nitrogens with zero attached hydrogens (tertiary/aromatic N) is 2. The molecule has 6 heteroatoms. The summed E-state index contributed by atoms with van der Waals surface area (Å²) in [6, 6.07) is -0.271. The van der Waals surface area contributed by atoms with Crippen molar-refractivity contribution in [3.8, 4) is 0 Å². The Morgan fingerprint density at radius 3 is 2.86 bits per heavy atom. The third kappa shape index (κ3) is 2.81. The van der Waals surface area contributed by atoms with Gasteiger partial charge in [0.1, 0.15) is 0 Å². The van der Waals surface area contributed by atoms with Crippen LogP contribution in [0.3, 0.4) is 0 Å². The summed E-state index contributed by atoms with van der Waals surface area (Å²) in [4.78, 5) is 15.1. The van der Waals surface area contributed by atoms with Gasteiger partial charge in [-0.1, -0.05) is 5.16 Å². The number of hydrogen-bond acceptors (Lipinski definition) is 5. The molecular weight excluding hydrogens is 184 g/mol. The molecule has 0 aliphatic carbocycles. The predicted octanol–water partition coefficient (Wildman–Crippen LogP) is -0.398. The summed E-state index contributed by atoms with van der Waals surface area (Å²) < 4.78 is 4.87. The lowest BCUT2D eigenvalue weighted by atomic mass is 10.3. The summed E-state index contributed by atoms with van der Waals surface area (Å²) >= 11 is 0. The average Bonchev–Trinajstić information content (AvgIpc) is 2.59. The van der Waals surface area contributed by atoms with Crippen LogP contribution >= 0.6 is 0 Å². The van der Waals surface area contributed by atoms with E-state index in [0.717, 1.165) is 0 Å². The number of nitrogens with one attached hydrogen (secondary N) is 2. The van der Waals surface area contributed by atoms with Crippen LogP contribution in [0.4, 0.5) is 0 Å². The van der Waals surface area contributed by atoms with E-state index >= 15 is 0 Å². The Morgan fingerprint density at radius 2 is 2.36 bits per heavy atom. The number of hydrogen-bond donors (Lipinski definition) is 2. The van der Waals surface area contributed by atoms with Crippen molar-refractivity contribution in [2.24, 2.45) is 0 Å². The lowest BCUT2D eigenvalue weighted by Gasteiger charge is -2.09. The second-order valence-electron chi connectivity index (χ2n) is 2.95. The molecule has 1 rings (SSSR count). The van der Waals surface area contributed by atoms with E-state index in [4.69, 9.17) is 4.52 Å². The first-order chi connectivity index (χ1) is 6.63. The maximum atomic E-state index is 11.1. The quantitative estimate of drug-likeness (QED) is 0.688. The van der Waals surface area contributed by atoms with Crippen molar-refractivity contribution in [2.45, 2.75) is 26.4 Å². The zero-order valence-electron chi connectivity index (χ0n) is 8.50. The third-order valence-electron chi connectivity index (χ3n) is 1.77. The summed E-state index contributed by atoms with van der Waals surface area (Å²) in [5, 5.41) is 9.13. The summed E-state index contributed by atoms with van der Waals surface area (Å²) in [7, 11) is 1.59. The molecule has 1 atom stereocenters. The number of carbonyl (C=O) groups excluding carboxylic acids is 1. The van der Waals surface area contributed by atoms with Crippen LogP contribution in [0.25, 0.3) is 0 Å². The van der Waals surface area contributed by atoms with Crippen LogP contribution in [0.1, 0.15) is 18.6 Å². The fourth-order valence-electron chi connectivity index (χ4n) is 0.961. The number of aryl methyl sites for hydroxylation is 1. The average molecular weight is 198 g/mol. The maximum Gasteiger partial charge on any atom is 0.240 e. The van der Waals surface area contributed by atoms with Gasteiger partial charge in [0.2, 0.25) is 11.8 Å². The van der Waals surface area contributed by atoms with Crippen molar-refractivity contribution < 1.29 is 9.32 Å². The van der Waals surface area contributed by atoms with Crippen LogP contribution in [-0.2, 0) is 11.3 Å². The zero-order chi connectivity index (χ0) is 10.6. The molecule has 0 saturated heterocycles. The van der Waals surface area contributed by atoms with Crippen molar-refractivity contribution >= 4 is 5.91 Å². The van der Waals surface area contributed by atoms with Crippen molar-refractivity contribution in [1.29, 1.82) is 0 Å². The smallest absolute Gasteiger partial charge is 0.240 e. The SMILES string of the molecule is CNC(=O)C(C)NCc1nc(C)no1. The molecule has 0 saturated carbocycles. The molecule has 1 aromatic rings. The van der Waals surface area contributed by atoms with Gasteiger partial charge < -0.3 is 9.84 Å². The highest BCUT2D eigenvalue weighted by molar-refractivity contribution is 5.80. The van der Waals surface area contributed by atoms with Gasteiger partial charge in [-0.05, 0) is 13.8 Å². The Morgan fingerprint density at radius 1 is 1.64 bits per heavy atom. The summed E-state index contributed by atoms with van der Waals surface area (Å²) in [5.74, 6) is 1.01. The normalized spacial score (nSPS) is 12.5. The lowest BCUT2D eigenvalue weighted by molar-refractivity contribution is -0.122. The van der Waals surface area contributed by atoms with Crippen molar-refractivity contribution in [3.63, 3.8) is 0 Å². The Labute approximate surface area is 82.1 Å². The fraction of sp³-hybridized carbons (Fsp3) is 0.625. The van der Waals surface area contributed by atoms with Crippen LogP contribution in [0, 0.1) is 6.92 Å². The van der Waals surface area contributed by atoms with E-state index < -0.39 is 0 Å². The van der Waals surface area contributed by atoms with E-state index in [2.05, 4.69) is 20.8 Å². The Kier molecular flexibility index (Phi) is 3.58. The van der Waals surface area contributed by atoms with E-state index in [-0.39, 0.29) is 11.9 Å². The van der Waals surface area contributed by atoms with Crippen LogP contribution < -0.4 is 10.6 Å². The van der Waals surface area contributed by atoms with Gasteiger partial charge >= 0.3 is 0 Å². The molecule has 78 valence electrons. The van der Waals surface area contributed by atoms with E-state index in [1.807, 2.05) is 0 Å². The van der Waals surface area contributed by atoms with Crippen molar-refractivity contribution in [2.75, 3.05) is 7.05 Å². The Hall–Kier alpha value is -1.43. The predicted molar refractivity (Wildman–Crippen MR) is 49.4 cm³/mol. The first kappa shape index (κ1) is 10.6. The Bertz CT molecular complexity index is 310. The van der Waals surface area contributed by atoms with Gasteiger partial charge in [-0.15, -0.1) is 0 Å². The molecule has 1 heterocycles. The monoisotopic (exact) mass is 198 g/mol. The van der Waals surface area contributed by atoms with Crippen LogP contribution in [0.15, 0.2) is 4.52 Å². The van der Waals surface area contributed by atoms with Gasteiger partial charge in [-0.3, -0.25) is 10.1 Å². The fourth-order valence-corrected chi connectivity index (χ4v) is 0.961. The molecule has 14 heavy (non-hydrogen) atoms. The van der Waals surface area contributed by atoms with Crippen molar-refractivity contribution in [1.82, 2.24) is 20.8 Å². The molecule has 0 aliphatic heterocycles. The largest absolute Gasteiger partial charge is 0.358 e. The van der Waals surface area contributed by atoms with Gasteiger partial charge in [0, 0.05) is 7.05 Å². The minimum absolute atomic E-state index is 0.0683. The first-order valence-electron chi connectivity index (χ1n) is 4.37. The minimum Gasteiger partial charge on any atom is -0.358 e. The van der Waals surface area contributed by atoms with E-state index in [1.165, 1.54) is 0 Å². The van der Waals surface area contributed by atoms with Crippen LogP contribution in [0.2, 0.25) is 0 Å². The molecule has 1 unspecified atom stereocenters. The molecule has 1 amide bonds. The van der Waals surface area contributed by atoms with E-state index in [0.29, 0.717) is 18.3 Å². The topological polar surface area (TPSA) is 80.0 Å². The highest BCUT2D eigenvalue weighted by Crippen LogP contribution is 1.95. The van der Waals surface area contributed by atoms with Crippen LogP contribution in [0.5, 0.6) is 0 Å². The van der Waals surface area contributed by atoms with Gasteiger partial charge in [0.05, 0.1) is 12.6 Å². The molecule has 0 spiro atoms. The Balaban J connectivity index is 2.37. The second-order valence-corrected chi connectivity index (χ2v) is 2.95.